The Hall–Kier alpha value is -1.20. The minimum Gasteiger partial charge on any atom is -0.339 e. The predicted octanol–water partition coefficient (Wildman–Crippen LogP) is 2.45. The Bertz CT molecular complexity index is 486. The lowest BCUT2D eigenvalue weighted by molar-refractivity contribution is 0.352. The van der Waals surface area contributed by atoms with Crippen molar-refractivity contribution < 1.29 is 4.52 Å². The van der Waals surface area contributed by atoms with Crippen molar-refractivity contribution in [2.75, 3.05) is 0 Å². The Morgan fingerprint density at radius 1 is 1.41 bits per heavy atom. The molecule has 2 aromatic heterocycles. The van der Waals surface area contributed by atoms with Gasteiger partial charge in [0.1, 0.15) is 0 Å². The first kappa shape index (κ1) is 10.9. The normalized spacial score (nSPS) is 18.6. The number of hydrogen-bond acceptors (Lipinski definition) is 5. The number of rotatable bonds is 3. The minimum absolute atomic E-state index is 0.350. The lowest BCUT2D eigenvalue weighted by Gasteiger charge is -2.17. The van der Waals surface area contributed by atoms with Crippen LogP contribution < -0.4 is 5.73 Å². The van der Waals surface area contributed by atoms with Gasteiger partial charge in [-0.1, -0.05) is 24.1 Å². The molecule has 0 saturated heterocycles. The second kappa shape index (κ2) is 4.23. The summed E-state index contributed by atoms with van der Waals surface area (Å²) in [6, 6.07) is 4.10. The van der Waals surface area contributed by atoms with E-state index in [1.807, 2.05) is 11.4 Å². The third-order valence-corrected chi connectivity index (χ3v) is 4.19. The van der Waals surface area contributed by atoms with Crippen LogP contribution in [0.2, 0.25) is 0 Å². The van der Waals surface area contributed by atoms with E-state index in [-0.39, 0.29) is 5.54 Å². The zero-order chi connectivity index (χ0) is 11.7. The Kier molecular flexibility index (Phi) is 2.72. The quantitative estimate of drug-likeness (QED) is 0.907. The first-order valence-corrected chi connectivity index (χ1v) is 6.79. The van der Waals surface area contributed by atoms with E-state index in [1.165, 1.54) is 4.88 Å². The topological polar surface area (TPSA) is 64.9 Å². The van der Waals surface area contributed by atoms with E-state index in [9.17, 15) is 0 Å². The van der Waals surface area contributed by atoms with Gasteiger partial charge in [0.05, 0.1) is 12.0 Å². The fraction of sp³-hybridized carbons (Fsp3) is 0.500. The molecule has 3 rings (SSSR count). The standard InChI is InChI=1S/C12H15N3OS/c13-12(5-1-2-6-12)11-14-10(16-15-11)8-9-4-3-7-17-9/h3-4,7H,1-2,5-6,8,13H2. The Balaban J connectivity index is 1.78. The summed E-state index contributed by atoms with van der Waals surface area (Å²) in [6.07, 6.45) is 4.95. The lowest BCUT2D eigenvalue weighted by Crippen LogP contribution is -2.34. The summed E-state index contributed by atoms with van der Waals surface area (Å²) in [5.41, 5.74) is 5.93. The van der Waals surface area contributed by atoms with Gasteiger partial charge in [0.25, 0.3) is 0 Å². The highest BCUT2D eigenvalue weighted by Gasteiger charge is 2.35. The van der Waals surface area contributed by atoms with Crippen LogP contribution in [0.3, 0.4) is 0 Å². The molecule has 4 nitrogen and oxygen atoms in total. The van der Waals surface area contributed by atoms with E-state index >= 15 is 0 Å². The van der Waals surface area contributed by atoms with Gasteiger partial charge < -0.3 is 10.3 Å². The Morgan fingerprint density at radius 2 is 2.24 bits per heavy atom. The summed E-state index contributed by atoms with van der Waals surface area (Å²) in [7, 11) is 0. The van der Waals surface area contributed by atoms with Crippen molar-refractivity contribution in [3.05, 3.63) is 34.1 Å². The van der Waals surface area contributed by atoms with E-state index in [1.54, 1.807) is 11.3 Å². The van der Waals surface area contributed by atoms with E-state index in [0.29, 0.717) is 18.1 Å². The maximum absolute atomic E-state index is 6.28. The molecule has 1 saturated carbocycles. The summed E-state index contributed by atoms with van der Waals surface area (Å²) in [6.45, 7) is 0. The molecule has 0 aliphatic heterocycles. The van der Waals surface area contributed by atoms with E-state index in [4.69, 9.17) is 10.3 Å². The first-order valence-electron chi connectivity index (χ1n) is 5.91. The molecule has 0 unspecified atom stereocenters. The van der Waals surface area contributed by atoms with E-state index in [2.05, 4.69) is 16.2 Å². The average molecular weight is 249 g/mol. The van der Waals surface area contributed by atoms with Crippen LogP contribution in [0, 0.1) is 0 Å². The predicted molar refractivity (Wildman–Crippen MR) is 65.8 cm³/mol. The molecule has 90 valence electrons. The van der Waals surface area contributed by atoms with Crippen LogP contribution in [0.1, 0.15) is 42.3 Å². The largest absolute Gasteiger partial charge is 0.339 e. The third kappa shape index (κ3) is 2.12. The van der Waals surface area contributed by atoms with Crippen LogP contribution in [0.5, 0.6) is 0 Å². The van der Waals surface area contributed by atoms with Crippen molar-refractivity contribution in [3.63, 3.8) is 0 Å². The Morgan fingerprint density at radius 3 is 2.94 bits per heavy atom. The van der Waals surface area contributed by atoms with Gasteiger partial charge in [-0.25, -0.2) is 0 Å². The van der Waals surface area contributed by atoms with Crippen LogP contribution in [0.25, 0.3) is 0 Å². The van der Waals surface area contributed by atoms with Crippen molar-refractivity contribution in [3.8, 4) is 0 Å². The molecule has 2 N–H and O–H groups in total. The molecule has 2 heterocycles. The van der Waals surface area contributed by atoms with Gasteiger partial charge in [0, 0.05) is 4.88 Å². The maximum Gasteiger partial charge on any atom is 0.231 e. The van der Waals surface area contributed by atoms with Crippen molar-refractivity contribution in [1.29, 1.82) is 0 Å². The number of aromatic nitrogens is 2. The van der Waals surface area contributed by atoms with Gasteiger partial charge >= 0.3 is 0 Å². The second-order valence-electron chi connectivity index (χ2n) is 4.63. The monoisotopic (exact) mass is 249 g/mol. The third-order valence-electron chi connectivity index (χ3n) is 3.31. The van der Waals surface area contributed by atoms with Gasteiger partial charge in [-0.3, -0.25) is 0 Å². The van der Waals surface area contributed by atoms with Crippen molar-refractivity contribution >= 4 is 11.3 Å². The summed E-state index contributed by atoms with van der Waals surface area (Å²) in [5.74, 6) is 1.35. The smallest absolute Gasteiger partial charge is 0.231 e. The van der Waals surface area contributed by atoms with Crippen LogP contribution in [0.15, 0.2) is 22.0 Å². The first-order chi connectivity index (χ1) is 8.26. The molecule has 0 bridgehead atoms. The number of hydrogen-bond donors (Lipinski definition) is 1. The molecule has 2 aromatic rings. The highest BCUT2D eigenvalue weighted by molar-refractivity contribution is 7.09. The van der Waals surface area contributed by atoms with Crippen molar-refractivity contribution in [2.24, 2.45) is 5.73 Å². The lowest BCUT2D eigenvalue weighted by atomic mass is 9.99. The molecular weight excluding hydrogens is 234 g/mol. The minimum atomic E-state index is -0.350. The van der Waals surface area contributed by atoms with Gasteiger partial charge in [0.2, 0.25) is 5.89 Å². The van der Waals surface area contributed by atoms with Gasteiger partial charge in [-0.05, 0) is 24.3 Å². The van der Waals surface area contributed by atoms with Gasteiger partial charge in [0.15, 0.2) is 5.82 Å². The zero-order valence-corrected chi connectivity index (χ0v) is 10.4. The summed E-state index contributed by atoms with van der Waals surface area (Å²) < 4.78 is 5.28. The molecule has 17 heavy (non-hydrogen) atoms. The molecule has 1 aliphatic rings. The number of nitrogens with two attached hydrogens (primary N) is 1. The van der Waals surface area contributed by atoms with Crippen LogP contribution in [0.4, 0.5) is 0 Å². The molecule has 0 aromatic carbocycles. The van der Waals surface area contributed by atoms with Crippen LogP contribution in [-0.4, -0.2) is 10.1 Å². The Labute approximate surface area is 104 Å². The van der Waals surface area contributed by atoms with Crippen LogP contribution in [-0.2, 0) is 12.0 Å². The van der Waals surface area contributed by atoms with Crippen LogP contribution >= 0.6 is 11.3 Å². The number of nitrogens with zero attached hydrogens (tertiary/aromatic N) is 2. The molecule has 0 radical (unpaired) electrons. The number of thiophene rings is 1. The summed E-state index contributed by atoms with van der Waals surface area (Å²) >= 11 is 1.70. The average Bonchev–Trinajstić information content (AvgIpc) is 3.00. The summed E-state index contributed by atoms with van der Waals surface area (Å²) in [4.78, 5) is 5.68. The highest BCUT2D eigenvalue weighted by atomic mass is 32.1. The molecule has 0 spiro atoms. The second-order valence-corrected chi connectivity index (χ2v) is 5.66. The highest BCUT2D eigenvalue weighted by Crippen LogP contribution is 2.34. The van der Waals surface area contributed by atoms with E-state index < -0.39 is 0 Å². The molecular formula is C12H15N3OS. The molecule has 1 fully saturated rings. The van der Waals surface area contributed by atoms with Gasteiger partial charge in [-0.2, -0.15) is 4.98 Å². The maximum atomic E-state index is 6.28. The molecule has 0 amide bonds. The summed E-state index contributed by atoms with van der Waals surface area (Å²) in [5, 5.41) is 6.09. The van der Waals surface area contributed by atoms with Crippen molar-refractivity contribution in [2.45, 2.75) is 37.6 Å². The van der Waals surface area contributed by atoms with Crippen molar-refractivity contribution in [1.82, 2.24) is 10.1 Å². The SMILES string of the molecule is NC1(c2noc(Cc3cccs3)n2)CCCC1. The fourth-order valence-corrected chi connectivity index (χ4v) is 3.02. The van der Waals surface area contributed by atoms with E-state index in [0.717, 1.165) is 25.7 Å². The zero-order valence-electron chi connectivity index (χ0n) is 9.56. The molecule has 0 atom stereocenters. The fourth-order valence-electron chi connectivity index (χ4n) is 2.32. The molecule has 5 heteroatoms. The van der Waals surface area contributed by atoms with Gasteiger partial charge in [-0.15, -0.1) is 11.3 Å². The molecule has 1 aliphatic carbocycles.